The molecule has 164 valence electrons. The Morgan fingerprint density at radius 2 is 2.03 bits per heavy atom. The second-order valence-corrected chi connectivity index (χ2v) is 8.76. The molecule has 4 heterocycles. The number of fused-ring (bicyclic) bond motifs is 1. The van der Waals surface area contributed by atoms with Gasteiger partial charge >= 0.3 is 0 Å². The van der Waals surface area contributed by atoms with Gasteiger partial charge in [-0.15, -0.1) is 11.3 Å². The van der Waals surface area contributed by atoms with E-state index in [0.717, 1.165) is 10.2 Å². The standard InChI is InChI=1S/C20H22F2N6O2S/c21-20(22)9-12(10-23-11-20)24-16-15(18-25-13-3-1-2-4-14(13)31-18)17(29)27-19(26-16)28-5-7-30-8-6-28/h1-4,12,23H,5-11H2,(H2,24,26,27,29). The summed E-state index contributed by atoms with van der Waals surface area (Å²) < 4.78 is 34.2. The molecule has 5 rings (SSSR count). The number of thiazole rings is 1. The van der Waals surface area contributed by atoms with Crippen molar-refractivity contribution in [1.29, 1.82) is 0 Å². The van der Waals surface area contributed by atoms with E-state index < -0.39 is 12.0 Å². The lowest BCUT2D eigenvalue weighted by atomic mass is 10.0. The zero-order valence-corrected chi connectivity index (χ0v) is 17.5. The summed E-state index contributed by atoms with van der Waals surface area (Å²) in [6, 6.07) is 7.02. The van der Waals surface area contributed by atoms with Crippen LogP contribution in [0.25, 0.3) is 20.8 Å². The predicted octanol–water partition coefficient (Wildman–Crippen LogP) is 2.29. The van der Waals surface area contributed by atoms with Crippen molar-refractivity contribution in [1.82, 2.24) is 20.3 Å². The first-order valence-electron chi connectivity index (χ1n) is 10.2. The number of hydrogen-bond donors (Lipinski definition) is 3. The number of alkyl halides is 2. The molecule has 1 atom stereocenters. The normalized spacial score (nSPS) is 21.4. The van der Waals surface area contributed by atoms with E-state index in [2.05, 4.69) is 25.6 Å². The third-order valence-electron chi connectivity index (χ3n) is 5.39. The summed E-state index contributed by atoms with van der Waals surface area (Å²) in [5, 5.41) is 6.36. The third-order valence-corrected chi connectivity index (χ3v) is 6.44. The van der Waals surface area contributed by atoms with Gasteiger partial charge in [0.05, 0.1) is 30.0 Å². The van der Waals surface area contributed by atoms with Gasteiger partial charge in [0.1, 0.15) is 16.4 Å². The largest absolute Gasteiger partial charge is 0.378 e. The molecule has 0 spiro atoms. The Labute approximate surface area is 180 Å². The highest BCUT2D eigenvalue weighted by molar-refractivity contribution is 7.21. The molecule has 11 heteroatoms. The van der Waals surface area contributed by atoms with Crippen LogP contribution < -0.4 is 21.1 Å². The molecule has 0 aliphatic carbocycles. The maximum atomic E-state index is 13.9. The van der Waals surface area contributed by atoms with Gasteiger partial charge in [0.25, 0.3) is 11.5 Å². The number of rotatable bonds is 4. The zero-order chi connectivity index (χ0) is 21.4. The molecule has 0 radical (unpaired) electrons. The van der Waals surface area contributed by atoms with Crippen molar-refractivity contribution >= 4 is 33.3 Å². The summed E-state index contributed by atoms with van der Waals surface area (Å²) in [6.07, 6.45) is -0.333. The van der Waals surface area contributed by atoms with Gasteiger partial charge in [0.15, 0.2) is 0 Å². The van der Waals surface area contributed by atoms with Gasteiger partial charge in [-0.05, 0) is 12.1 Å². The van der Waals surface area contributed by atoms with Crippen molar-refractivity contribution in [3.05, 3.63) is 34.6 Å². The quantitative estimate of drug-likeness (QED) is 0.564. The number of ether oxygens (including phenoxy) is 1. The minimum atomic E-state index is -2.82. The molecule has 0 bridgehead atoms. The Morgan fingerprint density at radius 3 is 2.81 bits per heavy atom. The highest BCUT2D eigenvalue weighted by Crippen LogP contribution is 2.33. The number of nitrogens with zero attached hydrogens (tertiary/aromatic N) is 3. The molecule has 2 aromatic heterocycles. The molecule has 2 saturated heterocycles. The number of piperidine rings is 1. The summed E-state index contributed by atoms with van der Waals surface area (Å²) >= 11 is 1.37. The van der Waals surface area contributed by atoms with Gasteiger partial charge in [-0.3, -0.25) is 9.78 Å². The van der Waals surface area contributed by atoms with Crippen molar-refractivity contribution in [3.8, 4) is 10.6 Å². The average Bonchev–Trinajstić information content (AvgIpc) is 3.17. The highest BCUT2D eigenvalue weighted by atomic mass is 32.1. The molecule has 3 N–H and O–H groups in total. The summed E-state index contributed by atoms with van der Waals surface area (Å²) in [6.45, 7) is 2.25. The van der Waals surface area contributed by atoms with Gasteiger partial charge in [-0.25, -0.2) is 13.8 Å². The lowest BCUT2D eigenvalue weighted by Gasteiger charge is -2.31. The van der Waals surface area contributed by atoms with Crippen molar-refractivity contribution in [2.75, 3.05) is 49.6 Å². The molecule has 2 aliphatic heterocycles. The Kier molecular flexibility index (Phi) is 5.32. The van der Waals surface area contributed by atoms with Crippen LogP contribution in [0.15, 0.2) is 29.1 Å². The monoisotopic (exact) mass is 448 g/mol. The fourth-order valence-corrected chi connectivity index (χ4v) is 4.91. The number of nitrogens with one attached hydrogen (secondary N) is 3. The van der Waals surface area contributed by atoms with Crippen LogP contribution in [0.3, 0.4) is 0 Å². The van der Waals surface area contributed by atoms with E-state index in [9.17, 15) is 13.6 Å². The summed E-state index contributed by atoms with van der Waals surface area (Å²) in [7, 11) is 0. The van der Waals surface area contributed by atoms with Crippen LogP contribution >= 0.6 is 11.3 Å². The van der Waals surface area contributed by atoms with Crippen LogP contribution in [0.2, 0.25) is 0 Å². The summed E-state index contributed by atoms with van der Waals surface area (Å²) in [5.41, 5.74) is 0.691. The van der Waals surface area contributed by atoms with Crippen LogP contribution in [0, 0.1) is 0 Å². The lowest BCUT2D eigenvalue weighted by molar-refractivity contribution is -0.0244. The van der Waals surface area contributed by atoms with Crippen LogP contribution in [0.1, 0.15) is 6.42 Å². The maximum absolute atomic E-state index is 13.9. The Bertz CT molecular complexity index is 1110. The minimum Gasteiger partial charge on any atom is -0.378 e. The first-order chi connectivity index (χ1) is 15.0. The van der Waals surface area contributed by atoms with E-state index in [1.807, 2.05) is 29.2 Å². The number of halogens is 2. The molecular formula is C20H22F2N6O2S. The molecule has 2 fully saturated rings. The van der Waals surface area contributed by atoms with Crippen LogP contribution in [-0.2, 0) is 4.74 Å². The van der Waals surface area contributed by atoms with Crippen molar-refractivity contribution in [2.24, 2.45) is 0 Å². The van der Waals surface area contributed by atoms with Gasteiger partial charge < -0.3 is 20.3 Å². The Hall–Kier alpha value is -2.63. The first kappa shape index (κ1) is 20.3. The number of para-hydroxylation sites is 1. The minimum absolute atomic E-state index is 0.270. The van der Waals surface area contributed by atoms with Gasteiger partial charge in [0.2, 0.25) is 5.95 Å². The van der Waals surface area contributed by atoms with Gasteiger partial charge in [0, 0.05) is 32.1 Å². The number of aromatic amines is 1. The molecule has 2 aliphatic rings. The van der Waals surface area contributed by atoms with E-state index in [4.69, 9.17) is 4.74 Å². The topological polar surface area (TPSA) is 95.2 Å². The average molecular weight is 448 g/mol. The summed E-state index contributed by atoms with van der Waals surface area (Å²) in [4.78, 5) is 27.2. The second-order valence-electron chi connectivity index (χ2n) is 7.73. The second kappa shape index (κ2) is 8.13. The first-order valence-corrected chi connectivity index (χ1v) is 11.0. The van der Waals surface area contributed by atoms with E-state index in [1.54, 1.807) is 0 Å². The fraction of sp³-hybridized carbons (Fsp3) is 0.450. The van der Waals surface area contributed by atoms with Crippen LogP contribution in [0.4, 0.5) is 20.5 Å². The predicted molar refractivity (Wildman–Crippen MR) is 116 cm³/mol. The number of aromatic nitrogens is 3. The molecular weight excluding hydrogens is 426 g/mol. The summed E-state index contributed by atoms with van der Waals surface area (Å²) in [5.74, 6) is -2.15. The third kappa shape index (κ3) is 4.25. The number of H-pyrrole nitrogens is 1. The number of benzene rings is 1. The maximum Gasteiger partial charge on any atom is 0.264 e. The van der Waals surface area contributed by atoms with Crippen LogP contribution in [0.5, 0.6) is 0 Å². The molecule has 0 amide bonds. The van der Waals surface area contributed by atoms with Gasteiger partial charge in [-0.1, -0.05) is 12.1 Å². The molecule has 0 saturated carbocycles. The highest BCUT2D eigenvalue weighted by Gasteiger charge is 2.37. The molecule has 1 aromatic carbocycles. The SMILES string of the molecule is O=c1[nH]c(N2CCOCC2)nc(NC2CNCC(F)(F)C2)c1-c1nc2ccccc2s1. The van der Waals surface area contributed by atoms with E-state index in [-0.39, 0.29) is 29.9 Å². The van der Waals surface area contributed by atoms with Gasteiger partial charge in [-0.2, -0.15) is 4.98 Å². The van der Waals surface area contributed by atoms with E-state index in [1.165, 1.54) is 11.3 Å². The Balaban J connectivity index is 1.57. The van der Waals surface area contributed by atoms with Crippen molar-refractivity contribution < 1.29 is 13.5 Å². The molecule has 31 heavy (non-hydrogen) atoms. The Morgan fingerprint density at radius 1 is 1.23 bits per heavy atom. The van der Waals surface area contributed by atoms with Crippen molar-refractivity contribution in [3.63, 3.8) is 0 Å². The smallest absolute Gasteiger partial charge is 0.264 e. The molecule has 1 unspecified atom stereocenters. The number of hydrogen-bond acceptors (Lipinski definition) is 8. The zero-order valence-electron chi connectivity index (χ0n) is 16.7. The number of morpholine rings is 1. The van der Waals surface area contributed by atoms with Crippen molar-refractivity contribution in [2.45, 2.75) is 18.4 Å². The van der Waals surface area contributed by atoms with Crippen LogP contribution in [-0.4, -0.2) is 66.3 Å². The number of anilines is 2. The molecule has 8 nitrogen and oxygen atoms in total. The lowest BCUT2D eigenvalue weighted by Crippen LogP contribution is -2.49. The molecule has 3 aromatic rings. The van der Waals surface area contributed by atoms with E-state index in [0.29, 0.717) is 43.8 Å². The van der Waals surface area contributed by atoms with E-state index >= 15 is 0 Å². The fourth-order valence-electron chi connectivity index (χ4n) is 3.90.